The summed E-state index contributed by atoms with van der Waals surface area (Å²) >= 11 is 0. The van der Waals surface area contributed by atoms with E-state index < -0.39 is 31.9 Å². The zero-order valence-corrected chi connectivity index (χ0v) is 48.8. The van der Waals surface area contributed by atoms with Crippen molar-refractivity contribution in [1.82, 2.24) is 0 Å². The molecule has 71 heavy (non-hydrogen) atoms. The lowest BCUT2D eigenvalue weighted by Crippen LogP contribution is -2.46. The summed E-state index contributed by atoms with van der Waals surface area (Å²) < 4.78 is 60.9. The van der Waals surface area contributed by atoms with Crippen molar-refractivity contribution in [2.75, 3.05) is 26.4 Å². The summed E-state index contributed by atoms with van der Waals surface area (Å²) in [6.45, 7) is 36.6. The van der Waals surface area contributed by atoms with E-state index >= 15 is 9.13 Å². The molecule has 0 amide bonds. The molecule has 0 saturated carbocycles. The normalized spacial score (nSPS) is 21.1. The zero-order valence-electron chi connectivity index (χ0n) is 47.0. The summed E-state index contributed by atoms with van der Waals surface area (Å²) in [4.78, 5) is 0. The van der Waals surface area contributed by atoms with Crippen LogP contribution in [0.4, 0.5) is 0 Å². The molecule has 2 aliphatic heterocycles. The van der Waals surface area contributed by atoms with Crippen LogP contribution in [0, 0.1) is 52.8 Å². The minimum Gasteiger partial charge on any atom is -0.307 e. The maximum absolute atomic E-state index is 16.4. The SMILES string of the molecule is CC(C)Cc1cccc(CC(C)C)c1C(c1c(CC(C)C)cccc1CC(C)C)P1(=O)OCC2(CO1)COP(=O)(C(c1c(CC(C)C)cccc1CC(C)C)c1c(CC(C)C)cccc1CC(C)C)OC2. The van der Waals surface area contributed by atoms with Crippen LogP contribution in [0.15, 0.2) is 72.8 Å². The van der Waals surface area contributed by atoms with Crippen LogP contribution >= 0.6 is 15.2 Å². The van der Waals surface area contributed by atoms with Crippen molar-refractivity contribution < 1.29 is 27.2 Å². The molecule has 0 bridgehead atoms. The Balaban J connectivity index is 1.49. The van der Waals surface area contributed by atoms with Crippen LogP contribution in [0.1, 0.15) is 189 Å². The van der Waals surface area contributed by atoms with Gasteiger partial charge in [0, 0.05) is 0 Å². The van der Waals surface area contributed by atoms with Gasteiger partial charge >= 0.3 is 15.2 Å². The van der Waals surface area contributed by atoms with Gasteiger partial charge in [0.2, 0.25) is 0 Å². The molecule has 0 aromatic heterocycles. The van der Waals surface area contributed by atoms with E-state index in [9.17, 15) is 0 Å². The molecule has 6 nitrogen and oxygen atoms in total. The Morgan fingerprint density at radius 3 is 0.620 bits per heavy atom. The maximum atomic E-state index is 16.4. The molecule has 2 aliphatic rings. The van der Waals surface area contributed by atoms with Crippen molar-refractivity contribution in [3.05, 3.63) is 140 Å². The highest BCUT2D eigenvalue weighted by molar-refractivity contribution is 7.55. The number of benzene rings is 4. The monoisotopic (exact) mass is 1010 g/mol. The molecule has 4 aromatic rings. The first-order valence-corrected chi connectivity index (χ1v) is 30.9. The van der Waals surface area contributed by atoms with Crippen molar-refractivity contribution in [2.24, 2.45) is 52.8 Å². The minimum atomic E-state index is -3.95. The van der Waals surface area contributed by atoms with E-state index in [1.165, 1.54) is 44.5 Å². The van der Waals surface area contributed by atoms with Gasteiger partial charge in [0.05, 0.1) is 31.8 Å². The van der Waals surface area contributed by atoms with Crippen molar-refractivity contribution in [2.45, 2.75) is 173 Å². The van der Waals surface area contributed by atoms with Crippen LogP contribution in [0.3, 0.4) is 0 Å². The standard InChI is InChI=1S/C63H94O6P2/c1-41(2)29-49-21-17-22-50(30-42(3)4)57(49)61(58-51(31-43(5)6)23-18-24-52(58)32-44(7)8)70(64)66-37-63(38-67-70)39-68-71(65,69-40-63)62(59-53(33-45(9)10)25-19-26-54(59)34-46(11)12)60-55(35-47(13)14)27-20-28-56(60)36-48(15)16/h17-28,41-48,61-62H,29-40H2,1-16H3. The second-order valence-corrected chi connectivity index (χ2v) is 29.4. The fourth-order valence-corrected chi connectivity index (χ4v) is 16.6. The van der Waals surface area contributed by atoms with Gasteiger partial charge in [0.15, 0.2) is 0 Å². The number of hydrogen-bond donors (Lipinski definition) is 0. The van der Waals surface area contributed by atoms with Crippen molar-refractivity contribution >= 4 is 15.2 Å². The summed E-state index contributed by atoms with van der Waals surface area (Å²) in [5.41, 5.74) is 12.0. The Morgan fingerprint density at radius 1 is 0.324 bits per heavy atom. The topological polar surface area (TPSA) is 71.1 Å². The van der Waals surface area contributed by atoms with Crippen LogP contribution in [0.25, 0.3) is 0 Å². The van der Waals surface area contributed by atoms with E-state index in [0.717, 1.165) is 73.6 Å². The van der Waals surface area contributed by atoms with Gasteiger partial charge < -0.3 is 18.1 Å². The van der Waals surface area contributed by atoms with Crippen LogP contribution < -0.4 is 0 Å². The van der Waals surface area contributed by atoms with Crippen LogP contribution in [0.2, 0.25) is 0 Å². The summed E-state index contributed by atoms with van der Waals surface area (Å²) in [6.07, 6.45) is 6.81. The second-order valence-electron chi connectivity index (χ2n) is 25.2. The Hall–Kier alpha value is -2.82. The van der Waals surface area contributed by atoms with E-state index in [-0.39, 0.29) is 26.4 Å². The Labute approximate surface area is 432 Å². The molecule has 2 heterocycles. The first-order chi connectivity index (χ1) is 33.4. The quantitative estimate of drug-likeness (QED) is 0.0731. The third-order valence-electron chi connectivity index (χ3n) is 14.1. The smallest absolute Gasteiger partial charge is 0.307 e. The van der Waals surface area contributed by atoms with Crippen LogP contribution in [-0.2, 0) is 78.6 Å². The average molecular weight is 1010 g/mol. The van der Waals surface area contributed by atoms with Crippen molar-refractivity contribution in [3.8, 4) is 0 Å². The molecule has 8 heteroatoms. The van der Waals surface area contributed by atoms with Gasteiger partial charge in [0.1, 0.15) is 11.3 Å². The highest BCUT2D eigenvalue weighted by atomic mass is 31.2. The molecule has 0 N–H and O–H groups in total. The second kappa shape index (κ2) is 24.7. The predicted octanol–water partition coefficient (Wildman–Crippen LogP) is 17.6. The molecule has 1 spiro atoms. The van der Waals surface area contributed by atoms with Crippen molar-refractivity contribution in [1.29, 1.82) is 0 Å². The summed E-state index contributed by atoms with van der Waals surface area (Å²) in [7, 11) is -7.90. The Bertz CT molecular complexity index is 2030. The summed E-state index contributed by atoms with van der Waals surface area (Å²) in [5, 5.41) is 0. The van der Waals surface area contributed by atoms with Gasteiger partial charge in [-0.25, -0.2) is 0 Å². The molecule has 2 saturated heterocycles. The molecular formula is C63H94O6P2. The lowest BCUT2D eigenvalue weighted by Gasteiger charge is -2.46. The third-order valence-corrected chi connectivity index (χ3v) is 18.4. The van der Waals surface area contributed by atoms with Crippen LogP contribution in [0.5, 0.6) is 0 Å². The molecule has 4 aromatic carbocycles. The fourth-order valence-electron chi connectivity index (χ4n) is 11.5. The molecule has 0 aliphatic carbocycles. The fraction of sp³-hybridized carbons (Fsp3) is 0.619. The average Bonchev–Trinajstić information content (AvgIpc) is 3.25. The van der Waals surface area contributed by atoms with Crippen molar-refractivity contribution in [3.63, 3.8) is 0 Å². The Kier molecular flexibility index (Phi) is 20.0. The summed E-state index contributed by atoms with van der Waals surface area (Å²) in [5.74, 6) is 3.08. The Morgan fingerprint density at radius 2 is 0.479 bits per heavy atom. The van der Waals surface area contributed by atoms with E-state index in [1.807, 2.05) is 0 Å². The van der Waals surface area contributed by atoms with Gasteiger partial charge in [-0.3, -0.25) is 9.13 Å². The molecule has 6 rings (SSSR count). The molecule has 392 valence electrons. The third kappa shape index (κ3) is 14.3. The lowest BCUT2D eigenvalue weighted by atomic mass is 9.82. The maximum Gasteiger partial charge on any atom is 0.342 e. The van der Waals surface area contributed by atoms with E-state index in [0.29, 0.717) is 47.3 Å². The van der Waals surface area contributed by atoms with Gasteiger partial charge in [-0.05, 0) is 165 Å². The largest absolute Gasteiger partial charge is 0.342 e. The van der Waals surface area contributed by atoms with E-state index in [1.54, 1.807) is 0 Å². The summed E-state index contributed by atoms with van der Waals surface area (Å²) in [6, 6.07) is 26.7. The number of rotatable bonds is 22. The van der Waals surface area contributed by atoms with Crippen LogP contribution in [-0.4, -0.2) is 26.4 Å². The van der Waals surface area contributed by atoms with E-state index in [2.05, 4.69) is 184 Å². The highest BCUT2D eigenvalue weighted by Crippen LogP contribution is 2.72. The van der Waals surface area contributed by atoms with E-state index in [4.69, 9.17) is 18.1 Å². The van der Waals surface area contributed by atoms with Gasteiger partial charge in [0.25, 0.3) is 0 Å². The molecule has 0 unspecified atom stereocenters. The van der Waals surface area contributed by atoms with Gasteiger partial charge in [-0.15, -0.1) is 0 Å². The lowest BCUT2D eigenvalue weighted by molar-refractivity contribution is -0.0704. The first kappa shape index (κ1) is 57.5. The first-order valence-electron chi connectivity index (χ1n) is 27.6. The highest BCUT2D eigenvalue weighted by Gasteiger charge is 2.55. The van der Waals surface area contributed by atoms with Gasteiger partial charge in [-0.2, -0.15) is 0 Å². The minimum absolute atomic E-state index is 0.105. The van der Waals surface area contributed by atoms with Gasteiger partial charge in [-0.1, -0.05) is 184 Å². The zero-order chi connectivity index (χ0) is 52.0. The molecule has 0 radical (unpaired) electrons. The number of hydrogen-bond acceptors (Lipinski definition) is 6. The predicted molar refractivity (Wildman–Crippen MR) is 299 cm³/mol. The molecular weight excluding hydrogens is 915 g/mol. The molecule has 2 fully saturated rings. The molecule has 0 atom stereocenters.